The van der Waals surface area contributed by atoms with Crippen LogP contribution in [-0.4, -0.2) is 80.3 Å². The summed E-state index contributed by atoms with van der Waals surface area (Å²) in [5, 5.41) is 4.44. The highest BCUT2D eigenvalue weighted by molar-refractivity contribution is 7.20. The summed E-state index contributed by atoms with van der Waals surface area (Å²) >= 11 is 1.45. The van der Waals surface area contributed by atoms with Gasteiger partial charge in [-0.3, -0.25) is 10.1 Å². The van der Waals surface area contributed by atoms with E-state index < -0.39 is 0 Å². The number of amides is 1. The van der Waals surface area contributed by atoms with Gasteiger partial charge < -0.3 is 23.9 Å². The monoisotopic (exact) mass is 454 g/mol. The summed E-state index contributed by atoms with van der Waals surface area (Å²) in [7, 11) is 2.12. The predicted octanol–water partition coefficient (Wildman–Crippen LogP) is 2.64. The van der Waals surface area contributed by atoms with Gasteiger partial charge in [0.2, 0.25) is 0 Å². The highest BCUT2D eigenvalue weighted by Gasteiger charge is 2.23. The number of aromatic nitrogens is 2. The van der Waals surface area contributed by atoms with E-state index in [1.807, 2.05) is 24.3 Å². The van der Waals surface area contributed by atoms with Crippen LogP contribution in [0.4, 0.5) is 16.0 Å². The standard InChI is InChI=1S/C22H26N6O3S/c1-26-6-8-27(9-7-26)18-5-4-16(15-23-18)20(29)25-22-24-19(17-3-2-12-31-17)21(32-22)28-10-13-30-14-11-28/h2-5,12,15H,6-11,13-14H2,1H3,(H,24,25,29). The van der Waals surface area contributed by atoms with Gasteiger partial charge in [0.25, 0.3) is 5.91 Å². The summed E-state index contributed by atoms with van der Waals surface area (Å²) in [6.45, 7) is 6.80. The van der Waals surface area contributed by atoms with Crippen molar-refractivity contribution in [2.75, 3.05) is 74.6 Å². The van der Waals surface area contributed by atoms with E-state index in [-0.39, 0.29) is 5.91 Å². The van der Waals surface area contributed by atoms with Crippen molar-refractivity contribution in [1.82, 2.24) is 14.9 Å². The largest absolute Gasteiger partial charge is 0.463 e. The number of rotatable bonds is 5. The average molecular weight is 455 g/mol. The average Bonchev–Trinajstić information content (AvgIpc) is 3.50. The summed E-state index contributed by atoms with van der Waals surface area (Å²) in [4.78, 5) is 28.8. The lowest BCUT2D eigenvalue weighted by Crippen LogP contribution is -2.44. The van der Waals surface area contributed by atoms with Gasteiger partial charge in [0.05, 0.1) is 25.0 Å². The van der Waals surface area contributed by atoms with Crippen LogP contribution in [0.3, 0.4) is 0 Å². The van der Waals surface area contributed by atoms with Crippen LogP contribution in [-0.2, 0) is 4.74 Å². The molecule has 32 heavy (non-hydrogen) atoms. The third-order valence-electron chi connectivity index (χ3n) is 5.72. The third kappa shape index (κ3) is 4.47. The molecule has 1 N–H and O–H groups in total. The number of piperazine rings is 1. The number of pyridine rings is 1. The van der Waals surface area contributed by atoms with E-state index in [4.69, 9.17) is 9.15 Å². The Morgan fingerprint density at radius 3 is 2.56 bits per heavy atom. The van der Waals surface area contributed by atoms with Gasteiger partial charge in [0.1, 0.15) is 16.5 Å². The van der Waals surface area contributed by atoms with Crippen LogP contribution >= 0.6 is 11.3 Å². The number of likely N-dealkylation sites (N-methyl/N-ethyl adjacent to an activating group) is 1. The minimum Gasteiger partial charge on any atom is -0.463 e. The fraction of sp³-hybridized carbons (Fsp3) is 0.409. The van der Waals surface area contributed by atoms with Gasteiger partial charge in [-0.15, -0.1) is 0 Å². The van der Waals surface area contributed by atoms with E-state index >= 15 is 0 Å². The number of carbonyl (C=O) groups excluding carboxylic acids is 1. The summed E-state index contributed by atoms with van der Waals surface area (Å²) in [5.74, 6) is 1.36. The van der Waals surface area contributed by atoms with Crippen molar-refractivity contribution in [3.63, 3.8) is 0 Å². The molecule has 10 heteroatoms. The van der Waals surface area contributed by atoms with Gasteiger partial charge in [0.15, 0.2) is 10.9 Å². The number of carbonyl (C=O) groups is 1. The smallest absolute Gasteiger partial charge is 0.259 e. The van der Waals surface area contributed by atoms with Crippen LogP contribution in [0.15, 0.2) is 41.1 Å². The Morgan fingerprint density at radius 2 is 1.88 bits per heavy atom. The molecule has 3 aromatic heterocycles. The first kappa shape index (κ1) is 20.9. The van der Waals surface area contributed by atoms with E-state index in [2.05, 4.69) is 37.0 Å². The van der Waals surface area contributed by atoms with Crippen LogP contribution in [0.2, 0.25) is 0 Å². The highest BCUT2D eigenvalue weighted by atomic mass is 32.1. The van der Waals surface area contributed by atoms with Crippen molar-refractivity contribution in [1.29, 1.82) is 0 Å². The second kappa shape index (κ2) is 9.27. The number of ether oxygens (including phenoxy) is 1. The van der Waals surface area contributed by atoms with E-state index in [0.717, 1.165) is 55.8 Å². The number of furan rings is 1. The molecule has 0 radical (unpaired) electrons. The number of morpholine rings is 1. The number of nitrogens with one attached hydrogen (secondary N) is 1. The minimum atomic E-state index is -0.226. The fourth-order valence-electron chi connectivity index (χ4n) is 3.83. The molecule has 0 saturated carbocycles. The molecular formula is C22H26N6O3S. The topological polar surface area (TPSA) is 87.0 Å². The van der Waals surface area contributed by atoms with E-state index in [1.54, 1.807) is 12.5 Å². The van der Waals surface area contributed by atoms with Gasteiger partial charge >= 0.3 is 0 Å². The molecule has 0 aliphatic carbocycles. The van der Waals surface area contributed by atoms with Crippen LogP contribution in [0.5, 0.6) is 0 Å². The predicted molar refractivity (Wildman–Crippen MR) is 125 cm³/mol. The SMILES string of the molecule is CN1CCN(c2ccc(C(=O)Nc3nc(-c4ccco4)c(N4CCOCC4)s3)cn2)CC1. The van der Waals surface area contributed by atoms with Crippen molar-refractivity contribution in [2.45, 2.75) is 0 Å². The molecule has 2 aliphatic heterocycles. The molecule has 0 atom stereocenters. The molecular weight excluding hydrogens is 428 g/mol. The van der Waals surface area contributed by atoms with Gasteiger partial charge in [-0.1, -0.05) is 11.3 Å². The summed E-state index contributed by atoms with van der Waals surface area (Å²) in [6.07, 6.45) is 3.26. The van der Waals surface area contributed by atoms with E-state index in [0.29, 0.717) is 29.7 Å². The maximum Gasteiger partial charge on any atom is 0.259 e. The molecule has 0 bridgehead atoms. The van der Waals surface area contributed by atoms with Gasteiger partial charge in [-0.05, 0) is 31.3 Å². The molecule has 9 nitrogen and oxygen atoms in total. The molecule has 3 aromatic rings. The van der Waals surface area contributed by atoms with Crippen molar-refractivity contribution < 1.29 is 13.9 Å². The Bertz CT molecular complexity index is 1040. The first-order valence-electron chi connectivity index (χ1n) is 10.8. The Balaban J connectivity index is 1.32. The zero-order chi connectivity index (χ0) is 21.9. The summed E-state index contributed by atoms with van der Waals surface area (Å²) in [5.41, 5.74) is 1.24. The molecule has 5 heterocycles. The number of hydrogen-bond acceptors (Lipinski definition) is 9. The normalized spacial score (nSPS) is 17.5. The zero-order valence-corrected chi connectivity index (χ0v) is 18.8. The molecule has 5 rings (SSSR count). The highest BCUT2D eigenvalue weighted by Crippen LogP contribution is 2.39. The molecule has 2 aliphatic rings. The van der Waals surface area contributed by atoms with Crippen molar-refractivity contribution in [2.24, 2.45) is 0 Å². The minimum absolute atomic E-state index is 0.226. The molecule has 2 fully saturated rings. The van der Waals surface area contributed by atoms with Crippen LogP contribution in [0.25, 0.3) is 11.5 Å². The molecule has 2 saturated heterocycles. The lowest BCUT2D eigenvalue weighted by atomic mass is 10.2. The van der Waals surface area contributed by atoms with Crippen molar-refractivity contribution in [3.8, 4) is 11.5 Å². The first-order chi connectivity index (χ1) is 15.7. The Hall–Kier alpha value is -2.95. The summed E-state index contributed by atoms with van der Waals surface area (Å²) in [6, 6.07) is 7.45. The third-order valence-corrected chi connectivity index (χ3v) is 6.75. The molecule has 0 unspecified atom stereocenters. The summed E-state index contributed by atoms with van der Waals surface area (Å²) < 4.78 is 11.1. The van der Waals surface area contributed by atoms with Crippen LogP contribution in [0, 0.1) is 0 Å². The zero-order valence-electron chi connectivity index (χ0n) is 18.0. The molecule has 0 spiro atoms. The number of nitrogens with zero attached hydrogens (tertiary/aromatic N) is 5. The fourth-order valence-corrected chi connectivity index (χ4v) is 4.85. The Labute approximate surface area is 190 Å². The molecule has 0 aromatic carbocycles. The Kier molecular flexibility index (Phi) is 6.06. The second-order valence-corrected chi connectivity index (χ2v) is 8.88. The maximum absolute atomic E-state index is 12.9. The van der Waals surface area contributed by atoms with Crippen molar-refractivity contribution in [3.05, 3.63) is 42.3 Å². The molecule has 168 valence electrons. The quantitative estimate of drug-likeness (QED) is 0.630. The maximum atomic E-state index is 12.9. The first-order valence-corrected chi connectivity index (χ1v) is 11.6. The number of anilines is 3. The van der Waals surface area contributed by atoms with Crippen LogP contribution < -0.4 is 15.1 Å². The molecule has 1 amide bonds. The van der Waals surface area contributed by atoms with E-state index in [1.165, 1.54) is 11.3 Å². The van der Waals surface area contributed by atoms with E-state index in [9.17, 15) is 4.79 Å². The van der Waals surface area contributed by atoms with Crippen molar-refractivity contribution >= 4 is 33.2 Å². The number of hydrogen-bond donors (Lipinski definition) is 1. The lowest BCUT2D eigenvalue weighted by molar-refractivity contribution is 0.102. The van der Waals surface area contributed by atoms with Gasteiger partial charge in [-0.25, -0.2) is 9.97 Å². The van der Waals surface area contributed by atoms with Crippen LogP contribution in [0.1, 0.15) is 10.4 Å². The van der Waals surface area contributed by atoms with Gasteiger partial charge in [-0.2, -0.15) is 0 Å². The van der Waals surface area contributed by atoms with Gasteiger partial charge in [0, 0.05) is 45.5 Å². The Morgan fingerprint density at radius 1 is 1.06 bits per heavy atom. The number of thiazole rings is 1. The second-order valence-electron chi connectivity index (χ2n) is 7.90. The lowest BCUT2D eigenvalue weighted by Gasteiger charge is -2.33.